The van der Waals surface area contributed by atoms with Gasteiger partial charge in [-0.1, -0.05) is 39.0 Å². The standard InChI is InChI=1S/C19H36N6O/c1-4-5-12-20-19(22-15-18-24-23-16(2)25(18)3)21-13-14-26-17-10-8-6-7-9-11-17/h17H,4-15H2,1-3H3,(H2,20,21,22). The average molecular weight is 365 g/mol. The van der Waals surface area contributed by atoms with Crippen molar-refractivity contribution in [2.45, 2.75) is 77.9 Å². The molecule has 0 spiro atoms. The van der Waals surface area contributed by atoms with Gasteiger partial charge in [0.15, 0.2) is 11.8 Å². The molecule has 0 unspecified atom stereocenters. The van der Waals surface area contributed by atoms with E-state index in [0.717, 1.165) is 50.1 Å². The van der Waals surface area contributed by atoms with Gasteiger partial charge < -0.3 is 19.9 Å². The molecule has 0 aromatic carbocycles. The molecule has 7 heteroatoms. The second-order valence-corrected chi connectivity index (χ2v) is 7.08. The van der Waals surface area contributed by atoms with E-state index in [-0.39, 0.29) is 0 Å². The molecule has 148 valence electrons. The van der Waals surface area contributed by atoms with Gasteiger partial charge in [-0.2, -0.15) is 0 Å². The van der Waals surface area contributed by atoms with Gasteiger partial charge in [-0.15, -0.1) is 10.2 Å². The van der Waals surface area contributed by atoms with Crippen LogP contribution in [0.1, 0.15) is 69.9 Å². The third-order valence-electron chi connectivity index (χ3n) is 4.93. The molecule has 1 aromatic heterocycles. The zero-order valence-corrected chi connectivity index (χ0v) is 16.8. The highest BCUT2D eigenvalue weighted by atomic mass is 16.5. The number of unbranched alkanes of at least 4 members (excludes halogenated alkanes) is 1. The molecule has 1 aliphatic rings. The van der Waals surface area contributed by atoms with Crippen LogP contribution in [0.25, 0.3) is 0 Å². The molecule has 1 fully saturated rings. The van der Waals surface area contributed by atoms with Gasteiger partial charge in [-0.05, 0) is 26.2 Å². The second kappa shape index (κ2) is 11.9. The Morgan fingerprint density at radius 2 is 1.88 bits per heavy atom. The Labute approximate surface area is 158 Å². The van der Waals surface area contributed by atoms with Gasteiger partial charge >= 0.3 is 0 Å². The zero-order valence-electron chi connectivity index (χ0n) is 16.8. The highest BCUT2D eigenvalue weighted by Crippen LogP contribution is 2.19. The number of aromatic nitrogens is 3. The number of rotatable bonds is 9. The molecule has 0 bridgehead atoms. The summed E-state index contributed by atoms with van der Waals surface area (Å²) in [4.78, 5) is 4.65. The molecular formula is C19H36N6O. The van der Waals surface area contributed by atoms with Crippen LogP contribution in [0.3, 0.4) is 0 Å². The minimum atomic E-state index is 0.439. The lowest BCUT2D eigenvalue weighted by atomic mass is 10.1. The van der Waals surface area contributed by atoms with Crippen LogP contribution in [0.15, 0.2) is 4.99 Å². The quantitative estimate of drug-likeness (QED) is 0.305. The van der Waals surface area contributed by atoms with Crippen LogP contribution in [0.2, 0.25) is 0 Å². The van der Waals surface area contributed by atoms with E-state index >= 15 is 0 Å². The van der Waals surface area contributed by atoms with Gasteiger partial charge in [0.05, 0.1) is 12.7 Å². The third kappa shape index (κ3) is 7.32. The Morgan fingerprint density at radius 1 is 1.15 bits per heavy atom. The maximum Gasteiger partial charge on any atom is 0.191 e. The Kier molecular flexibility index (Phi) is 9.45. The van der Waals surface area contributed by atoms with E-state index in [1.807, 2.05) is 18.5 Å². The molecule has 0 atom stereocenters. The van der Waals surface area contributed by atoms with Crippen molar-refractivity contribution in [2.75, 3.05) is 19.7 Å². The number of aliphatic imine (C=N–C) groups is 1. The molecule has 2 N–H and O–H groups in total. The van der Waals surface area contributed by atoms with E-state index in [2.05, 4.69) is 32.7 Å². The van der Waals surface area contributed by atoms with Gasteiger partial charge in [-0.25, -0.2) is 4.99 Å². The highest BCUT2D eigenvalue weighted by Gasteiger charge is 2.12. The predicted molar refractivity (Wildman–Crippen MR) is 105 cm³/mol. The molecule has 1 saturated carbocycles. The van der Waals surface area contributed by atoms with Crippen LogP contribution in [0.5, 0.6) is 0 Å². The van der Waals surface area contributed by atoms with E-state index in [4.69, 9.17) is 4.74 Å². The molecule has 2 rings (SSSR count). The van der Waals surface area contributed by atoms with Crippen molar-refractivity contribution in [1.82, 2.24) is 25.4 Å². The summed E-state index contributed by atoms with van der Waals surface area (Å²) in [7, 11) is 1.97. The second-order valence-electron chi connectivity index (χ2n) is 7.08. The zero-order chi connectivity index (χ0) is 18.6. The molecule has 0 saturated heterocycles. The fraction of sp³-hybridized carbons (Fsp3) is 0.842. The number of aryl methyl sites for hydroxylation is 1. The maximum atomic E-state index is 6.05. The molecule has 0 amide bonds. The first-order chi connectivity index (χ1) is 12.7. The third-order valence-corrected chi connectivity index (χ3v) is 4.93. The Balaban J connectivity index is 1.77. The molecular weight excluding hydrogens is 328 g/mol. The normalized spacial score (nSPS) is 16.5. The fourth-order valence-electron chi connectivity index (χ4n) is 3.10. The first-order valence-electron chi connectivity index (χ1n) is 10.2. The lowest BCUT2D eigenvalue weighted by Crippen LogP contribution is -2.40. The van der Waals surface area contributed by atoms with Crippen LogP contribution < -0.4 is 10.6 Å². The number of ether oxygens (including phenoxy) is 1. The van der Waals surface area contributed by atoms with E-state index in [1.165, 1.54) is 38.5 Å². The number of guanidine groups is 1. The number of nitrogens with zero attached hydrogens (tertiary/aromatic N) is 4. The number of hydrogen-bond donors (Lipinski definition) is 2. The Bertz CT molecular complexity index is 534. The topological polar surface area (TPSA) is 76.4 Å². The van der Waals surface area contributed by atoms with Crippen LogP contribution in [-0.4, -0.2) is 46.5 Å². The first-order valence-corrected chi connectivity index (χ1v) is 10.2. The summed E-state index contributed by atoms with van der Waals surface area (Å²) in [5, 5.41) is 15.0. The Hall–Kier alpha value is -1.63. The van der Waals surface area contributed by atoms with E-state index in [9.17, 15) is 0 Å². The van der Waals surface area contributed by atoms with Crippen molar-refractivity contribution in [2.24, 2.45) is 12.0 Å². The van der Waals surface area contributed by atoms with E-state index in [1.54, 1.807) is 0 Å². The van der Waals surface area contributed by atoms with Crippen molar-refractivity contribution < 1.29 is 4.74 Å². The summed E-state index contributed by atoms with van der Waals surface area (Å²) >= 11 is 0. The van der Waals surface area contributed by atoms with Gasteiger partial charge in [0.2, 0.25) is 0 Å². The fourth-order valence-corrected chi connectivity index (χ4v) is 3.10. The van der Waals surface area contributed by atoms with Crippen LogP contribution >= 0.6 is 0 Å². The number of nitrogens with one attached hydrogen (secondary N) is 2. The number of hydrogen-bond acceptors (Lipinski definition) is 4. The van der Waals surface area contributed by atoms with Gasteiger partial charge in [0.1, 0.15) is 12.4 Å². The maximum absolute atomic E-state index is 6.05. The van der Waals surface area contributed by atoms with Crippen LogP contribution in [-0.2, 0) is 18.3 Å². The lowest BCUT2D eigenvalue weighted by Gasteiger charge is -2.17. The Morgan fingerprint density at radius 3 is 2.54 bits per heavy atom. The predicted octanol–water partition coefficient (Wildman–Crippen LogP) is 2.70. The van der Waals surface area contributed by atoms with Crippen molar-refractivity contribution >= 4 is 5.96 Å². The summed E-state index contributed by atoms with van der Waals surface area (Å²) in [5.74, 6) is 2.60. The van der Waals surface area contributed by atoms with Crippen molar-refractivity contribution in [3.05, 3.63) is 11.6 Å². The van der Waals surface area contributed by atoms with Crippen molar-refractivity contribution in [3.63, 3.8) is 0 Å². The molecule has 1 aromatic rings. The summed E-state index contributed by atoms with van der Waals surface area (Å²) in [6.07, 6.45) is 10.5. The average Bonchev–Trinajstić information content (AvgIpc) is 2.83. The molecule has 7 nitrogen and oxygen atoms in total. The first kappa shape index (κ1) is 20.7. The van der Waals surface area contributed by atoms with Crippen molar-refractivity contribution in [3.8, 4) is 0 Å². The van der Waals surface area contributed by atoms with Crippen molar-refractivity contribution in [1.29, 1.82) is 0 Å². The summed E-state index contributed by atoms with van der Waals surface area (Å²) < 4.78 is 8.03. The highest BCUT2D eigenvalue weighted by molar-refractivity contribution is 5.79. The smallest absolute Gasteiger partial charge is 0.191 e. The molecule has 0 aliphatic heterocycles. The van der Waals surface area contributed by atoms with Crippen LogP contribution in [0.4, 0.5) is 0 Å². The van der Waals surface area contributed by atoms with E-state index in [0.29, 0.717) is 12.6 Å². The summed E-state index contributed by atoms with van der Waals surface area (Å²) in [5.41, 5.74) is 0. The van der Waals surface area contributed by atoms with Gasteiger partial charge in [-0.3, -0.25) is 0 Å². The molecule has 0 radical (unpaired) electrons. The monoisotopic (exact) mass is 364 g/mol. The molecule has 1 heterocycles. The van der Waals surface area contributed by atoms with E-state index < -0.39 is 0 Å². The molecule has 1 aliphatic carbocycles. The largest absolute Gasteiger partial charge is 0.376 e. The summed E-state index contributed by atoms with van der Waals surface area (Å²) in [6.45, 7) is 7.07. The lowest BCUT2D eigenvalue weighted by molar-refractivity contribution is 0.0468. The minimum Gasteiger partial charge on any atom is -0.376 e. The van der Waals surface area contributed by atoms with Gasteiger partial charge in [0, 0.05) is 20.1 Å². The minimum absolute atomic E-state index is 0.439. The molecule has 26 heavy (non-hydrogen) atoms. The summed E-state index contributed by atoms with van der Waals surface area (Å²) in [6, 6.07) is 0. The van der Waals surface area contributed by atoms with Crippen LogP contribution in [0, 0.1) is 6.92 Å². The van der Waals surface area contributed by atoms with Gasteiger partial charge in [0.25, 0.3) is 0 Å². The SMILES string of the molecule is CCCCNC(=NCc1nnc(C)n1C)NCCOC1CCCCCC1.